The molecule has 1 amide bonds. The van der Waals surface area contributed by atoms with E-state index in [2.05, 4.69) is 4.98 Å². The fraction of sp³-hybridized carbons (Fsp3) is 0.222. The van der Waals surface area contributed by atoms with Gasteiger partial charge in [-0.15, -0.1) is 0 Å². The van der Waals surface area contributed by atoms with Crippen LogP contribution in [0.5, 0.6) is 0 Å². The van der Waals surface area contributed by atoms with Crippen LogP contribution in [0.2, 0.25) is 0 Å². The number of pyridine rings is 1. The zero-order valence-corrected chi connectivity index (χ0v) is 7.03. The van der Waals surface area contributed by atoms with Crippen LogP contribution >= 0.6 is 0 Å². The highest BCUT2D eigenvalue weighted by Gasteiger charge is 1.99. The van der Waals surface area contributed by atoms with Gasteiger partial charge in [0.15, 0.2) is 0 Å². The first kappa shape index (κ1) is 9.20. The summed E-state index contributed by atoms with van der Waals surface area (Å²) in [6, 6.07) is 7.05. The number of amides is 1. The maximum atomic E-state index is 10.5. The van der Waals surface area contributed by atoms with Gasteiger partial charge in [-0.3, -0.25) is 4.79 Å². The van der Waals surface area contributed by atoms with Gasteiger partial charge in [-0.1, -0.05) is 6.07 Å². The fourth-order valence-electron chi connectivity index (χ4n) is 0.932. The lowest BCUT2D eigenvalue weighted by Crippen LogP contribution is -2.11. The Bertz CT molecular complexity index is 354. The van der Waals surface area contributed by atoms with Crippen LogP contribution in [-0.2, 0) is 11.2 Å². The molecule has 0 saturated carbocycles. The Kier molecular flexibility index (Phi) is 2.98. The molecule has 0 radical (unpaired) electrons. The number of aromatic nitrogens is 1. The van der Waals surface area contributed by atoms with Crippen LogP contribution in [0.15, 0.2) is 18.2 Å². The molecule has 1 heterocycles. The van der Waals surface area contributed by atoms with E-state index >= 15 is 0 Å². The van der Waals surface area contributed by atoms with Crippen molar-refractivity contribution in [2.75, 3.05) is 0 Å². The van der Waals surface area contributed by atoms with Crippen LogP contribution in [0.4, 0.5) is 0 Å². The van der Waals surface area contributed by atoms with Crippen molar-refractivity contribution in [2.24, 2.45) is 5.73 Å². The first-order chi connectivity index (χ1) is 6.22. The van der Waals surface area contributed by atoms with Gasteiger partial charge in [-0.05, 0) is 18.6 Å². The number of hydrogen-bond donors (Lipinski definition) is 1. The number of nitrogens with two attached hydrogens (primary N) is 1. The second kappa shape index (κ2) is 4.21. The molecule has 1 aromatic heterocycles. The molecule has 66 valence electrons. The summed E-state index contributed by atoms with van der Waals surface area (Å²) in [6.07, 6.45) is 0.757. The molecule has 2 N–H and O–H groups in total. The topological polar surface area (TPSA) is 79.8 Å². The van der Waals surface area contributed by atoms with Crippen molar-refractivity contribution in [1.82, 2.24) is 4.98 Å². The molecular weight excluding hydrogens is 166 g/mol. The van der Waals surface area contributed by atoms with Crippen LogP contribution in [-0.4, -0.2) is 10.9 Å². The maximum absolute atomic E-state index is 10.5. The minimum absolute atomic E-state index is 0.266. The number of carbonyl (C=O) groups excluding carboxylic acids is 1. The van der Waals surface area contributed by atoms with Crippen molar-refractivity contribution in [3.63, 3.8) is 0 Å². The van der Waals surface area contributed by atoms with E-state index in [-0.39, 0.29) is 12.3 Å². The van der Waals surface area contributed by atoms with E-state index in [1.165, 1.54) is 0 Å². The van der Waals surface area contributed by atoms with Gasteiger partial charge >= 0.3 is 0 Å². The van der Waals surface area contributed by atoms with Gasteiger partial charge in [0.1, 0.15) is 11.8 Å². The largest absolute Gasteiger partial charge is 0.370 e. The van der Waals surface area contributed by atoms with E-state index in [0.717, 1.165) is 5.69 Å². The molecule has 1 aromatic rings. The van der Waals surface area contributed by atoms with Crippen molar-refractivity contribution in [3.8, 4) is 6.07 Å². The lowest BCUT2D eigenvalue weighted by molar-refractivity contribution is -0.118. The third-order valence-corrected chi connectivity index (χ3v) is 1.55. The van der Waals surface area contributed by atoms with Crippen LogP contribution in [0.3, 0.4) is 0 Å². The number of nitriles is 1. The Labute approximate surface area is 76.0 Å². The summed E-state index contributed by atoms with van der Waals surface area (Å²) in [4.78, 5) is 14.5. The summed E-state index contributed by atoms with van der Waals surface area (Å²) in [5, 5.41) is 8.54. The highest BCUT2D eigenvalue weighted by molar-refractivity contribution is 5.73. The Hall–Kier alpha value is -1.89. The lowest BCUT2D eigenvalue weighted by Gasteiger charge is -1.97. The normalized spacial score (nSPS) is 9.15. The molecule has 1 rings (SSSR count). The third-order valence-electron chi connectivity index (χ3n) is 1.55. The molecule has 0 saturated heterocycles. The Balaban J connectivity index is 2.68. The standard InChI is InChI=1S/C9H9N3O/c10-6-8-3-1-2-7(12-8)4-5-9(11)13/h1-3H,4-5H2,(H2,11,13). The lowest BCUT2D eigenvalue weighted by atomic mass is 10.2. The van der Waals surface area contributed by atoms with Crippen molar-refractivity contribution < 1.29 is 4.79 Å². The van der Waals surface area contributed by atoms with Crippen molar-refractivity contribution in [1.29, 1.82) is 5.26 Å². The number of hydrogen-bond acceptors (Lipinski definition) is 3. The average Bonchev–Trinajstić information content (AvgIpc) is 2.15. The summed E-state index contributed by atoms with van der Waals surface area (Å²) < 4.78 is 0. The smallest absolute Gasteiger partial charge is 0.217 e. The van der Waals surface area contributed by atoms with Crippen LogP contribution in [0, 0.1) is 11.3 Å². The predicted molar refractivity (Wildman–Crippen MR) is 46.5 cm³/mol. The van der Waals surface area contributed by atoms with Gasteiger partial charge < -0.3 is 5.73 Å². The second-order valence-electron chi connectivity index (χ2n) is 2.59. The van der Waals surface area contributed by atoms with Crippen molar-refractivity contribution in [3.05, 3.63) is 29.6 Å². The zero-order valence-electron chi connectivity index (χ0n) is 7.03. The maximum Gasteiger partial charge on any atom is 0.217 e. The van der Waals surface area contributed by atoms with Crippen molar-refractivity contribution >= 4 is 5.91 Å². The molecule has 0 bridgehead atoms. The van der Waals surface area contributed by atoms with Crippen LogP contribution < -0.4 is 5.73 Å². The van der Waals surface area contributed by atoms with E-state index in [0.29, 0.717) is 12.1 Å². The first-order valence-corrected chi connectivity index (χ1v) is 3.86. The summed E-state index contributed by atoms with van der Waals surface area (Å²) >= 11 is 0. The molecule has 0 spiro atoms. The number of carbonyl (C=O) groups is 1. The molecule has 0 aliphatic carbocycles. The van der Waals surface area contributed by atoms with Crippen LogP contribution in [0.25, 0.3) is 0 Å². The number of aryl methyl sites for hydroxylation is 1. The Morgan fingerprint density at radius 1 is 1.62 bits per heavy atom. The third kappa shape index (κ3) is 2.91. The number of nitrogens with zero attached hydrogens (tertiary/aromatic N) is 2. The molecule has 13 heavy (non-hydrogen) atoms. The molecule has 0 fully saturated rings. The quantitative estimate of drug-likeness (QED) is 0.720. The minimum atomic E-state index is -0.357. The molecule has 4 nitrogen and oxygen atoms in total. The molecule has 0 aliphatic rings. The molecule has 4 heteroatoms. The van der Waals surface area contributed by atoms with E-state index in [1.54, 1.807) is 18.2 Å². The molecule has 0 aromatic carbocycles. The molecular formula is C9H9N3O. The molecule has 0 unspecified atom stereocenters. The first-order valence-electron chi connectivity index (χ1n) is 3.86. The highest BCUT2D eigenvalue weighted by atomic mass is 16.1. The van der Waals surface area contributed by atoms with Gasteiger partial charge in [0.25, 0.3) is 0 Å². The van der Waals surface area contributed by atoms with Crippen molar-refractivity contribution in [2.45, 2.75) is 12.8 Å². The van der Waals surface area contributed by atoms with E-state index in [4.69, 9.17) is 11.0 Å². The van der Waals surface area contributed by atoms with E-state index in [1.807, 2.05) is 6.07 Å². The summed E-state index contributed by atoms with van der Waals surface area (Å²) in [7, 11) is 0. The van der Waals surface area contributed by atoms with Gasteiger partial charge in [0.2, 0.25) is 5.91 Å². The Morgan fingerprint density at radius 3 is 3.00 bits per heavy atom. The molecule has 0 aliphatic heterocycles. The highest BCUT2D eigenvalue weighted by Crippen LogP contribution is 2.00. The summed E-state index contributed by atoms with van der Waals surface area (Å²) in [6.45, 7) is 0. The van der Waals surface area contributed by atoms with Gasteiger partial charge in [0.05, 0.1) is 0 Å². The number of rotatable bonds is 3. The summed E-state index contributed by atoms with van der Waals surface area (Å²) in [5.74, 6) is -0.357. The van der Waals surface area contributed by atoms with Crippen LogP contribution in [0.1, 0.15) is 17.8 Å². The minimum Gasteiger partial charge on any atom is -0.370 e. The summed E-state index contributed by atoms with van der Waals surface area (Å²) in [5.41, 5.74) is 6.06. The zero-order chi connectivity index (χ0) is 9.68. The monoisotopic (exact) mass is 175 g/mol. The average molecular weight is 175 g/mol. The van der Waals surface area contributed by atoms with E-state index < -0.39 is 0 Å². The Morgan fingerprint density at radius 2 is 2.38 bits per heavy atom. The van der Waals surface area contributed by atoms with Gasteiger partial charge in [-0.25, -0.2) is 4.98 Å². The predicted octanol–water partition coefficient (Wildman–Crippen LogP) is 0.371. The SMILES string of the molecule is N#Cc1cccc(CCC(N)=O)n1. The second-order valence-corrected chi connectivity index (χ2v) is 2.59. The van der Waals surface area contributed by atoms with Gasteiger partial charge in [0, 0.05) is 12.1 Å². The van der Waals surface area contributed by atoms with E-state index in [9.17, 15) is 4.79 Å². The number of primary amides is 1. The molecule has 0 atom stereocenters. The fourth-order valence-corrected chi connectivity index (χ4v) is 0.932. The van der Waals surface area contributed by atoms with Gasteiger partial charge in [-0.2, -0.15) is 5.26 Å².